The van der Waals surface area contributed by atoms with Crippen molar-refractivity contribution in [3.63, 3.8) is 0 Å². The lowest BCUT2D eigenvalue weighted by molar-refractivity contribution is -0.277. The zero-order valence-corrected chi connectivity index (χ0v) is 23.4. The predicted molar refractivity (Wildman–Crippen MR) is 147 cm³/mol. The number of hydrogen-bond acceptors (Lipinski definition) is 17. The molecule has 0 radical (unpaired) electrons. The number of ether oxygens (including phenoxy) is 5. The predicted octanol–water partition coefficient (Wildman–Crippen LogP) is -2.76. The van der Waals surface area contributed by atoms with Gasteiger partial charge in [0.05, 0.1) is 20.3 Å². The Balaban J connectivity index is 1.58. The van der Waals surface area contributed by atoms with Gasteiger partial charge in [-0.05, 0) is 18.2 Å². The third-order valence-corrected chi connectivity index (χ3v) is 7.52. The van der Waals surface area contributed by atoms with Crippen molar-refractivity contribution in [3.05, 3.63) is 40.6 Å². The van der Waals surface area contributed by atoms with Crippen molar-refractivity contribution >= 4 is 11.0 Å². The minimum atomic E-state index is -1.91. The first-order chi connectivity index (χ1) is 21.4. The summed E-state index contributed by atoms with van der Waals surface area (Å²) in [5.74, 6) is -2.25. The first-order valence-electron chi connectivity index (χ1n) is 13.6. The van der Waals surface area contributed by atoms with Crippen molar-refractivity contribution < 1.29 is 79.2 Å². The highest BCUT2D eigenvalue weighted by Gasteiger charge is 2.46. The van der Waals surface area contributed by atoms with E-state index in [0.29, 0.717) is 0 Å². The van der Waals surface area contributed by atoms with Crippen LogP contribution >= 0.6 is 0 Å². The average Bonchev–Trinajstić information content (AvgIpc) is 3.02. The molecule has 45 heavy (non-hydrogen) atoms. The van der Waals surface area contributed by atoms with E-state index in [9.17, 15) is 55.9 Å². The van der Waals surface area contributed by atoms with Gasteiger partial charge in [0.25, 0.3) is 0 Å². The number of phenolic OH excluding ortho intramolecular Hbond substituents is 2. The fourth-order valence-corrected chi connectivity index (χ4v) is 5.04. The molecule has 0 saturated carbocycles. The molecule has 246 valence electrons. The number of aliphatic hydroxyl groups excluding tert-OH is 8. The number of hydrogen-bond donors (Lipinski definition) is 10. The highest BCUT2D eigenvalue weighted by Crippen LogP contribution is 2.40. The van der Waals surface area contributed by atoms with Crippen LogP contribution in [0.4, 0.5) is 0 Å². The molecule has 2 aliphatic heterocycles. The lowest BCUT2D eigenvalue weighted by Gasteiger charge is -2.39. The van der Waals surface area contributed by atoms with Crippen LogP contribution in [0.5, 0.6) is 28.7 Å². The Labute approximate surface area is 252 Å². The fraction of sp³-hybridized carbons (Fsp3) is 0.464. The maximum atomic E-state index is 13.7. The minimum absolute atomic E-state index is 0.0504. The van der Waals surface area contributed by atoms with Crippen molar-refractivity contribution in [1.82, 2.24) is 0 Å². The molecule has 17 nitrogen and oxygen atoms in total. The monoisotopic (exact) mass is 640 g/mol. The maximum Gasteiger partial charge on any atom is 0.239 e. The Morgan fingerprint density at radius 2 is 1.31 bits per heavy atom. The van der Waals surface area contributed by atoms with Crippen LogP contribution < -0.4 is 19.6 Å². The van der Waals surface area contributed by atoms with Gasteiger partial charge in [0.15, 0.2) is 17.3 Å². The van der Waals surface area contributed by atoms with Gasteiger partial charge in [-0.15, -0.1) is 0 Å². The molecule has 2 aromatic carbocycles. The molecule has 1 aromatic heterocycles. The molecular formula is C28H32O17. The van der Waals surface area contributed by atoms with Crippen LogP contribution in [0.3, 0.4) is 0 Å². The van der Waals surface area contributed by atoms with Crippen LogP contribution in [0.15, 0.2) is 39.5 Å². The van der Waals surface area contributed by atoms with E-state index in [1.807, 2.05) is 0 Å². The van der Waals surface area contributed by atoms with E-state index in [2.05, 4.69) is 0 Å². The van der Waals surface area contributed by atoms with Gasteiger partial charge in [0, 0.05) is 17.7 Å². The van der Waals surface area contributed by atoms with Gasteiger partial charge in [0.2, 0.25) is 23.8 Å². The van der Waals surface area contributed by atoms with Gasteiger partial charge in [-0.1, -0.05) is 0 Å². The second-order valence-electron chi connectivity index (χ2n) is 10.4. The fourth-order valence-electron chi connectivity index (χ4n) is 5.04. The SMILES string of the molecule is COc1cc(-c2oc3cc(O)cc(O)c3c(=O)c2O[C@H]2O[C@@H](CO)[C@H](O)[C@@H](O)[C@@H]2O)ccc1O[C@@H]1O[C@H](CO)[C@H](O)[C@@H](O)[C@@H]1O. The Morgan fingerprint density at radius 3 is 1.87 bits per heavy atom. The van der Waals surface area contributed by atoms with Gasteiger partial charge in [-0.2, -0.15) is 0 Å². The lowest BCUT2D eigenvalue weighted by atomic mass is 9.99. The number of rotatable bonds is 8. The summed E-state index contributed by atoms with van der Waals surface area (Å²) < 4.78 is 33.4. The standard InChI is InChI=1S/C28H32O17/c1-40-13-4-9(2-3-12(13)42-27-23(38)21(36)18(33)15(7-29)43-27)25-26(20(35)17-11(32)5-10(31)6-14(17)41-25)45-28-24(39)22(37)19(34)16(8-30)44-28/h2-6,15-16,18-19,21-24,27-34,36-39H,7-8H2,1H3/t15-,16+,18+,19+,21-,22-,23+,24+,27-,28-/m1/s1. The van der Waals surface area contributed by atoms with E-state index in [0.717, 1.165) is 12.1 Å². The van der Waals surface area contributed by atoms with Crippen LogP contribution in [0.25, 0.3) is 22.3 Å². The summed E-state index contributed by atoms with van der Waals surface area (Å²) in [6.07, 6.45) is -16.6. The molecule has 0 bridgehead atoms. The van der Waals surface area contributed by atoms with Crippen molar-refractivity contribution in [2.24, 2.45) is 0 Å². The van der Waals surface area contributed by atoms with E-state index in [1.54, 1.807) is 0 Å². The molecule has 3 aromatic rings. The summed E-state index contributed by atoms with van der Waals surface area (Å²) in [6, 6.07) is 5.83. The molecule has 0 unspecified atom stereocenters. The number of aliphatic hydroxyl groups is 8. The molecule has 2 fully saturated rings. The topological polar surface area (TPSA) is 279 Å². The Bertz CT molecular complexity index is 1570. The number of aromatic hydroxyl groups is 2. The van der Waals surface area contributed by atoms with Gasteiger partial charge in [-0.25, -0.2) is 0 Å². The molecule has 10 atom stereocenters. The molecule has 0 aliphatic carbocycles. The molecule has 5 rings (SSSR count). The van der Waals surface area contributed by atoms with E-state index in [-0.39, 0.29) is 28.4 Å². The van der Waals surface area contributed by atoms with E-state index in [1.165, 1.54) is 25.3 Å². The molecule has 0 spiro atoms. The highest BCUT2D eigenvalue weighted by molar-refractivity contribution is 5.88. The van der Waals surface area contributed by atoms with Gasteiger partial charge < -0.3 is 79.2 Å². The molecule has 3 heterocycles. The van der Waals surface area contributed by atoms with Crippen molar-refractivity contribution in [3.8, 4) is 40.1 Å². The minimum Gasteiger partial charge on any atom is -0.508 e. The van der Waals surface area contributed by atoms with Crippen molar-refractivity contribution in [1.29, 1.82) is 0 Å². The summed E-state index contributed by atoms with van der Waals surface area (Å²) >= 11 is 0. The van der Waals surface area contributed by atoms with Crippen LogP contribution in [0, 0.1) is 0 Å². The first kappa shape index (κ1) is 32.6. The van der Waals surface area contributed by atoms with E-state index < -0.39 is 103 Å². The summed E-state index contributed by atoms with van der Waals surface area (Å²) in [5, 5.41) is 100. The van der Waals surface area contributed by atoms with Crippen LogP contribution in [0.1, 0.15) is 0 Å². The molecule has 10 N–H and O–H groups in total. The van der Waals surface area contributed by atoms with Crippen LogP contribution in [-0.4, -0.2) is 133 Å². The Kier molecular flexibility index (Phi) is 9.38. The third-order valence-electron chi connectivity index (χ3n) is 7.52. The molecular weight excluding hydrogens is 608 g/mol. The largest absolute Gasteiger partial charge is 0.508 e. The van der Waals surface area contributed by atoms with Crippen molar-refractivity contribution in [2.45, 2.75) is 61.4 Å². The van der Waals surface area contributed by atoms with E-state index in [4.69, 9.17) is 28.1 Å². The smallest absolute Gasteiger partial charge is 0.239 e. The van der Waals surface area contributed by atoms with Gasteiger partial charge in [0.1, 0.15) is 71.3 Å². The number of phenols is 2. The number of fused-ring (bicyclic) bond motifs is 1. The zero-order valence-electron chi connectivity index (χ0n) is 23.4. The highest BCUT2D eigenvalue weighted by atomic mass is 16.7. The maximum absolute atomic E-state index is 13.7. The Morgan fingerprint density at radius 1 is 0.733 bits per heavy atom. The van der Waals surface area contributed by atoms with Gasteiger partial charge in [-0.3, -0.25) is 4.79 Å². The third kappa shape index (κ3) is 5.98. The number of methoxy groups -OCH3 is 1. The zero-order chi connectivity index (χ0) is 32.7. The lowest BCUT2D eigenvalue weighted by Crippen LogP contribution is -2.60. The van der Waals surface area contributed by atoms with Crippen LogP contribution in [0.2, 0.25) is 0 Å². The molecule has 2 aliphatic rings. The van der Waals surface area contributed by atoms with Crippen LogP contribution in [-0.2, 0) is 9.47 Å². The summed E-state index contributed by atoms with van der Waals surface area (Å²) in [4.78, 5) is 13.7. The molecule has 0 amide bonds. The molecule has 17 heteroatoms. The Hall–Kier alpha value is -3.75. The van der Waals surface area contributed by atoms with Gasteiger partial charge >= 0.3 is 0 Å². The number of benzene rings is 2. The second kappa shape index (κ2) is 12.9. The average molecular weight is 641 g/mol. The molecule has 2 saturated heterocycles. The van der Waals surface area contributed by atoms with Crippen molar-refractivity contribution in [2.75, 3.05) is 20.3 Å². The summed E-state index contributed by atoms with van der Waals surface area (Å²) in [7, 11) is 1.25. The summed E-state index contributed by atoms with van der Waals surface area (Å²) in [5.41, 5.74) is -1.23. The second-order valence-corrected chi connectivity index (χ2v) is 10.4. The normalized spacial score (nSPS) is 31.9. The summed E-state index contributed by atoms with van der Waals surface area (Å²) in [6.45, 7) is -1.47. The van der Waals surface area contributed by atoms with E-state index >= 15 is 0 Å². The quantitative estimate of drug-likeness (QED) is 0.119. The first-order valence-corrected chi connectivity index (χ1v) is 13.6.